The third-order valence-electron chi connectivity index (χ3n) is 2.68. The van der Waals surface area contributed by atoms with Gasteiger partial charge in [-0.05, 0) is 31.8 Å². The Morgan fingerprint density at radius 1 is 1.50 bits per heavy atom. The number of nitrogens with one attached hydrogen (secondary N) is 1. The van der Waals surface area contributed by atoms with Gasteiger partial charge in [0.05, 0.1) is 5.52 Å². The van der Waals surface area contributed by atoms with E-state index in [4.69, 9.17) is 10.2 Å². The summed E-state index contributed by atoms with van der Waals surface area (Å²) in [6.45, 7) is 0.521. The fourth-order valence-electron chi connectivity index (χ4n) is 1.81. The number of hydrogen-bond donors (Lipinski definition) is 2. The van der Waals surface area contributed by atoms with Crippen molar-refractivity contribution < 1.29 is 4.42 Å². The van der Waals surface area contributed by atoms with Gasteiger partial charge in [-0.15, -0.1) is 0 Å². The molecule has 0 fully saturated rings. The van der Waals surface area contributed by atoms with E-state index in [-0.39, 0.29) is 6.04 Å². The summed E-state index contributed by atoms with van der Waals surface area (Å²) in [5, 5.41) is 0. The van der Waals surface area contributed by atoms with Crippen LogP contribution in [0.2, 0.25) is 0 Å². The van der Waals surface area contributed by atoms with Gasteiger partial charge in [0.25, 0.3) is 0 Å². The van der Waals surface area contributed by atoms with E-state index in [0.29, 0.717) is 17.6 Å². The van der Waals surface area contributed by atoms with Crippen LogP contribution in [0.1, 0.15) is 11.6 Å². The number of H-pyrrole nitrogens is 1. The van der Waals surface area contributed by atoms with E-state index in [0.717, 1.165) is 5.56 Å². The third kappa shape index (κ3) is 1.87. The quantitative estimate of drug-likeness (QED) is 0.799. The number of likely N-dealkylation sites (N-methyl/N-ethyl adjacent to an activating group) is 1. The molecule has 0 saturated heterocycles. The molecule has 0 spiro atoms. The zero-order valence-electron chi connectivity index (χ0n) is 9.36. The van der Waals surface area contributed by atoms with Crippen LogP contribution in [-0.2, 0) is 0 Å². The van der Waals surface area contributed by atoms with Crippen LogP contribution in [-0.4, -0.2) is 30.5 Å². The Bertz CT molecular complexity index is 541. The van der Waals surface area contributed by atoms with E-state index in [1.165, 1.54) is 0 Å². The summed E-state index contributed by atoms with van der Waals surface area (Å²) in [5.74, 6) is -0.429. The lowest BCUT2D eigenvalue weighted by Crippen LogP contribution is -2.27. The van der Waals surface area contributed by atoms with E-state index < -0.39 is 5.76 Å². The SMILES string of the molecule is CN(C)C(CN)c1ccc2[nH]c(=O)oc2c1. The van der Waals surface area contributed by atoms with Crippen molar-refractivity contribution in [3.8, 4) is 0 Å². The van der Waals surface area contributed by atoms with Gasteiger partial charge < -0.3 is 15.1 Å². The fourth-order valence-corrected chi connectivity index (χ4v) is 1.81. The highest BCUT2D eigenvalue weighted by Crippen LogP contribution is 2.20. The van der Waals surface area contributed by atoms with Gasteiger partial charge in [0, 0.05) is 12.6 Å². The second-order valence-corrected chi connectivity index (χ2v) is 3.99. The maximum Gasteiger partial charge on any atom is 0.417 e. The van der Waals surface area contributed by atoms with Crippen molar-refractivity contribution >= 4 is 11.1 Å². The maximum absolute atomic E-state index is 11.0. The first-order chi connectivity index (χ1) is 7.61. The predicted octanol–water partition coefficient (Wildman–Crippen LogP) is 0.682. The highest BCUT2D eigenvalue weighted by Gasteiger charge is 2.13. The number of hydrogen-bond acceptors (Lipinski definition) is 4. The van der Waals surface area contributed by atoms with Crippen LogP contribution >= 0.6 is 0 Å². The Hall–Kier alpha value is -1.59. The molecule has 0 aliphatic rings. The highest BCUT2D eigenvalue weighted by molar-refractivity contribution is 5.72. The van der Waals surface area contributed by atoms with Gasteiger partial charge in [-0.2, -0.15) is 0 Å². The van der Waals surface area contributed by atoms with Crippen molar-refractivity contribution in [2.45, 2.75) is 6.04 Å². The van der Waals surface area contributed by atoms with Gasteiger partial charge in [-0.1, -0.05) is 6.07 Å². The van der Waals surface area contributed by atoms with Crippen molar-refractivity contribution in [2.75, 3.05) is 20.6 Å². The molecule has 2 rings (SSSR count). The van der Waals surface area contributed by atoms with Crippen LogP contribution in [0.15, 0.2) is 27.4 Å². The molecule has 86 valence electrons. The number of nitrogens with zero attached hydrogens (tertiary/aromatic N) is 1. The lowest BCUT2D eigenvalue weighted by atomic mass is 10.1. The standard InChI is InChI=1S/C11H15N3O2/c1-14(2)9(6-12)7-3-4-8-10(5-7)16-11(15)13-8/h3-5,9H,6,12H2,1-2H3,(H,13,15). The number of nitrogens with two attached hydrogens (primary N) is 1. The molecule has 1 aromatic heterocycles. The van der Waals surface area contributed by atoms with Crippen LogP contribution in [0.4, 0.5) is 0 Å². The molecule has 5 heteroatoms. The minimum Gasteiger partial charge on any atom is -0.408 e. The minimum absolute atomic E-state index is 0.129. The average Bonchev–Trinajstić information content (AvgIpc) is 2.57. The van der Waals surface area contributed by atoms with Gasteiger partial charge in [0.15, 0.2) is 5.58 Å². The topological polar surface area (TPSA) is 75.3 Å². The molecule has 0 bridgehead atoms. The number of oxazole rings is 1. The van der Waals surface area contributed by atoms with Gasteiger partial charge >= 0.3 is 5.76 Å². The predicted molar refractivity (Wildman–Crippen MR) is 62.3 cm³/mol. The number of benzene rings is 1. The summed E-state index contributed by atoms with van der Waals surface area (Å²) >= 11 is 0. The average molecular weight is 221 g/mol. The molecule has 2 aromatic rings. The monoisotopic (exact) mass is 221 g/mol. The summed E-state index contributed by atoms with van der Waals surface area (Å²) in [6, 6.07) is 5.77. The number of aromatic nitrogens is 1. The first-order valence-corrected chi connectivity index (χ1v) is 5.11. The Morgan fingerprint density at radius 3 is 2.88 bits per heavy atom. The first-order valence-electron chi connectivity index (χ1n) is 5.11. The molecule has 0 aliphatic heterocycles. The molecule has 0 amide bonds. The molecular weight excluding hydrogens is 206 g/mol. The molecule has 1 aromatic carbocycles. The Balaban J connectivity index is 2.48. The Kier molecular flexibility index (Phi) is 2.80. The summed E-state index contributed by atoms with van der Waals surface area (Å²) in [5.41, 5.74) is 8.04. The first kappa shape index (κ1) is 10.9. The van der Waals surface area contributed by atoms with E-state index in [1.807, 2.05) is 37.2 Å². The molecule has 1 atom stereocenters. The molecule has 5 nitrogen and oxygen atoms in total. The molecule has 1 unspecified atom stereocenters. The largest absolute Gasteiger partial charge is 0.417 e. The van der Waals surface area contributed by atoms with Crippen LogP contribution in [0.25, 0.3) is 11.1 Å². The van der Waals surface area contributed by atoms with Crippen molar-refractivity contribution in [2.24, 2.45) is 5.73 Å². The number of aromatic amines is 1. The maximum atomic E-state index is 11.0. The molecule has 0 saturated carbocycles. The zero-order chi connectivity index (χ0) is 11.7. The van der Waals surface area contributed by atoms with Crippen LogP contribution in [0, 0.1) is 0 Å². The minimum atomic E-state index is -0.429. The summed E-state index contributed by atoms with van der Waals surface area (Å²) < 4.78 is 5.01. The summed E-state index contributed by atoms with van der Waals surface area (Å²) in [6.07, 6.45) is 0. The van der Waals surface area contributed by atoms with Crippen molar-refractivity contribution in [1.29, 1.82) is 0 Å². The van der Waals surface area contributed by atoms with Crippen molar-refractivity contribution in [1.82, 2.24) is 9.88 Å². The highest BCUT2D eigenvalue weighted by atomic mass is 16.4. The van der Waals surface area contributed by atoms with Crippen molar-refractivity contribution in [3.05, 3.63) is 34.3 Å². The normalized spacial score (nSPS) is 13.5. The molecular formula is C11H15N3O2. The third-order valence-corrected chi connectivity index (χ3v) is 2.68. The van der Waals surface area contributed by atoms with E-state index in [9.17, 15) is 4.79 Å². The van der Waals surface area contributed by atoms with E-state index >= 15 is 0 Å². The Morgan fingerprint density at radius 2 is 2.25 bits per heavy atom. The van der Waals surface area contributed by atoms with Gasteiger partial charge in [0.2, 0.25) is 0 Å². The summed E-state index contributed by atoms with van der Waals surface area (Å²) in [7, 11) is 3.93. The number of fused-ring (bicyclic) bond motifs is 1. The molecule has 16 heavy (non-hydrogen) atoms. The smallest absolute Gasteiger partial charge is 0.408 e. The van der Waals surface area contributed by atoms with Crippen LogP contribution in [0.5, 0.6) is 0 Å². The van der Waals surface area contributed by atoms with E-state index in [2.05, 4.69) is 4.98 Å². The van der Waals surface area contributed by atoms with Gasteiger partial charge in [0.1, 0.15) is 0 Å². The second-order valence-electron chi connectivity index (χ2n) is 3.99. The molecule has 1 heterocycles. The van der Waals surface area contributed by atoms with E-state index in [1.54, 1.807) is 0 Å². The summed E-state index contributed by atoms with van der Waals surface area (Å²) in [4.78, 5) is 15.7. The van der Waals surface area contributed by atoms with Crippen LogP contribution in [0.3, 0.4) is 0 Å². The Labute approximate surface area is 92.8 Å². The zero-order valence-corrected chi connectivity index (χ0v) is 9.36. The molecule has 3 N–H and O–H groups in total. The molecule has 0 aliphatic carbocycles. The number of rotatable bonds is 3. The lowest BCUT2D eigenvalue weighted by Gasteiger charge is -2.22. The molecule has 0 radical (unpaired) electrons. The lowest BCUT2D eigenvalue weighted by molar-refractivity contribution is 0.306. The van der Waals surface area contributed by atoms with Crippen LogP contribution < -0.4 is 11.5 Å². The van der Waals surface area contributed by atoms with Gasteiger partial charge in [-0.25, -0.2) is 4.79 Å². The van der Waals surface area contributed by atoms with Crippen molar-refractivity contribution in [3.63, 3.8) is 0 Å². The van der Waals surface area contributed by atoms with Gasteiger partial charge in [-0.3, -0.25) is 4.98 Å². The fraction of sp³-hybridized carbons (Fsp3) is 0.364. The second kappa shape index (κ2) is 4.11.